The molecular formula is C12H23NO2. The van der Waals surface area contributed by atoms with Crippen molar-refractivity contribution in [3.05, 3.63) is 12.2 Å². The number of hydrogen-bond acceptors (Lipinski definition) is 2. The van der Waals surface area contributed by atoms with Crippen molar-refractivity contribution in [2.75, 3.05) is 6.54 Å². The molecule has 0 aliphatic carbocycles. The van der Waals surface area contributed by atoms with Gasteiger partial charge < -0.3 is 10.8 Å². The van der Waals surface area contributed by atoms with E-state index in [-0.39, 0.29) is 6.42 Å². The molecule has 0 radical (unpaired) electrons. The van der Waals surface area contributed by atoms with Crippen molar-refractivity contribution < 1.29 is 9.90 Å². The highest BCUT2D eigenvalue weighted by Crippen LogP contribution is 2.05. The van der Waals surface area contributed by atoms with Crippen LogP contribution < -0.4 is 5.73 Å². The van der Waals surface area contributed by atoms with Crippen molar-refractivity contribution in [1.82, 2.24) is 0 Å². The van der Waals surface area contributed by atoms with E-state index < -0.39 is 5.97 Å². The first-order valence-corrected chi connectivity index (χ1v) is 5.84. The average molecular weight is 213 g/mol. The van der Waals surface area contributed by atoms with Crippen molar-refractivity contribution >= 4 is 5.97 Å². The first-order valence-electron chi connectivity index (χ1n) is 5.84. The third-order valence-corrected chi connectivity index (χ3v) is 2.27. The Morgan fingerprint density at radius 2 is 1.60 bits per heavy atom. The summed E-state index contributed by atoms with van der Waals surface area (Å²) < 4.78 is 0. The molecule has 0 spiro atoms. The van der Waals surface area contributed by atoms with Crippen LogP contribution in [0.25, 0.3) is 0 Å². The van der Waals surface area contributed by atoms with Gasteiger partial charge in [0.25, 0.3) is 0 Å². The highest BCUT2D eigenvalue weighted by atomic mass is 16.4. The topological polar surface area (TPSA) is 63.3 Å². The Morgan fingerprint density at radius 1 is 1.00 bits per heavy atom. The van der Waals surface area contributed by atoms with Gasteiger partial charge in [-0.2, -0.15) is 0 Å². The lowest BCUT2D eigenvalue weighted by Crippen LogP contribution is -1.97. The summed E-state index contributed by atoms with van der Waals surface area (Å²) in [5, 5.41) is 8.39. The number of carbonyl (C=O) groups is 1. The Hall–Kier alpha value is -0.830. The summed E-state index contributed by atoms with van der Waals surface area (Å²) in [6.07, 6.45) is 12.1. The second kappa shape index (κ2) is 11.2. The van der Waals surface area contributed by atoms with Gasteiger partial charge in [-0.3, -0.25) is 4.79 Å². The minimum Gasteiger partial charge on any atom is -0.481 e. The minimum atomic E-state index is -0.721. The molecule has 0 aromatic heterocycles. The van der Waals surface area contributed by atoms with Crippen LogP contribution in [0.1, 0.15) is 51.4 Å². The molecule has 0 aliphatic rings. The van der Waals surface area contributed by atoms with Gasteiger partial charge in [-0.25, -0.2) is 0 Å². The molecule has 0 atom stereocenters. The Morgan fingerprint density at radius 3 is 2.27 bits per heavy atom. The van der Waals surface area contributed by atoms with Crippen LogP contribution in [0.3, 0.4) is 0 Å². The molecule has 0 saturated heterocycles. The molecule has 0 aliphatic heterocycles. The van der Waals surface area contributed by atoms with E-state index in [1.807, 2.05) is 6.08 Å². The van der Waals surface area contributed by atoms with Crippen LogP contribution in [-0.4, -0.2) is 17.6 Å². The quantitative estimate of drug-likeness (QED) is 0.433. The van der Waals surface area contributed by atoms with Gasteiger partial charge in [-0.05, 0) is 32.2 Å². The molecule has 0 amide bonds. The number of hydrogen-bond donors (Lipinski definition) is 2. The van der Waals surface area contributed by atoms with Crippen molar-refractivity contribution in [2.24, 2.45) is 5.73 Å². The van der Waals surface area contributed by atoms with E-state index >= 15 is 0 Å². The number of carboxylic acids is 1. The fourth-order valence-electron chi connectivity index (χ4n) is 1.38. The van der Waals surface area contributed by atoms with Crippen molar-refractivity contribution in [3.63, 3.8) is 0 Å². The molecule has 88 valence electrons. The predicted octanol–water partition coefficient (Wildman–Crippen LogP) is 2.71. The SMILES string of the molecule is NCCCCCCC/C=C/CCC(=O)O. The summed E-state index contributed by atoms with van der Waals surface area (Å²) in [5.74, 6) is -0.721. The second-order valence-electron chi connectivity index (χ2n) is 3.75. The average Bonchev–Trinajstić information content (AvgIpc) is 2.20. The molecule has 0 aromatic rings. The molecule has 3 nitrogen and oxygen atoms in total. The molecule has 15 heavy (non-hydrogen) atoms. The molecule has 0 saturated carbocycles. The van der Waals surface area contributed by atoms with E-state index in [0.717, 1.165) is 19.4 Å². The maximum atomic E-state index is 10.2. The second-order valence-corrected chi connectivity index (χ2v) is 3.75. The van der Waals surface area contributed by atoms with Crippen LogP contribution >= 0.6 is 0 Å². The van der Waals surface area contributed by atoms with Crippen LogP contribution in [0, 0.1) is 0 Å². The normalized spacial score (nSPS) is 11.0. The first-order chi connectivity index (χ1) is 7.27. The van der Waals surface area contributed by atoms with Crippen LogP contribution in [0.4, 0.5) is 0 Å². The number of allylic oxidation sites excluding steroid dienone is 2. The molecule has 0 fully saturated rings. The zero-order valence-corrected chi connectivity index (χ0v) is 9.45. The van der Waals surface area contributed by atoms with E-state index in [4.69, 9.17) is 10.8 Å². The van der Waals surface area contributed by atoms with Gasteiger partial charge in [0.05, 0.1) is 0 Å². The van der Waals surface area contributed by atoms with Crippen molar-refractivity contribution in [3.8, 4) is 0 Å². The number of aliphatic carboxylic acids is 1. The summed E-state index contributed by atoms with van der Waals surface area (Å²) in [6.45, 7) is 0.801. The van der Waals surface area contributed by atoms with Crippen LogP contribution in [0.15, 0.2) is 12.2 Å². The number of unbranched alkanes of at least 4 members (excludes halogenated alkanes) is 5. The lowest BCUT2D eigenvalue weighted by atomic mass is 10.1. The monoisotopic (exact) mass is 213 g/mol. The largest absolute Gasteiger partial charge is 0.481 e. The van der Waals surface area contributed by atoms with E-state index in [9.17, 15) is 4.79 Å². The van der Waals surface area contributed by atoms with Gasteiger partial charge in [-0.15, -0.1) is 0 Å². The zero-order chi connectivity index (χ0) is 11.4. The van der Waals surface area contributed by atoms with Crippen LogP contribution in [0.2, 0.25) is 0 Å². The Bertz CT molecular complexity index is 178. The maximum Gasteiger partial charge on any atom is 0.303 e. The molecule has 0 rings (SSSR count). The van der Waals surface area contributed by atoms with E-state index in [2.05, 4.69) is 6.08 Å². The van der Waals surface area contributed by atoms with Gasteiger partial charge in [0.1, 0.15) is 0 Å². The van der Waals surface area contributed by atoms with E-state index in [1.54, 1.807) is 0 Å². The Balaban J connectivity index is 3.06. The number of carboxylic acid groups (broad SMARTS) is 1. The summed E-state index contributed by atoms with van der Waals surface area (Å²) in [4.78, 5) is 10.2. The summed E-state index contributed by atoms with van der Waals surface area (Å²) in [6, 6.07) is 0. The molecule has 3 N–H and O–H groups in total. The van der Waals surface area contributed by atoms with E-state index in [1.165, 1.54) is 25.7 Å². The molecule has 0 unspecified atom stereocenters. The third kappa shape index (κ3) is 13.2. The lowest BCUT2D eigenvalue weighted by molar-refractivity contribution is -0.136. The van der Waals surface area contributed by atoms with Gasteiger partial charge >= 0.3 is 5.97 Å². The van der Waals surface area contributed by atoms with Gasteiger partial charge in [0, 0.05) is 6.42 Å². The predicted molar refractivity (Wildman–Crippen MR) is 62.8 cm³/mol. The van der Waals surface area contributed by atoms with Gasteiger partial charge in [-0.1, -0.05) is 31.4 Å². The molecular weight excluding hydrogens is 190 g/mol. The number of nitrogens with two attached hydrogens (primary N) is 1. The smallest absolute Gasteiger partial charge is 0.303 e. The standard InChI is InChI=1S/C12H23NO2/c13-11-9-7-5-3-1-2-4-6-8-10-12(14)15/h4,6H,1-3,5,7-11,13H2,(H,14,15)/b6-4+. The Labute approximate surface area is 92.4 Å². The van der Waals surface area contributed by atoms with Crippen molar-refractivity contribution in [2.45, 2.75) is 51.4 Å². The minimum absolute atomic E-state index is 0.243. The zero-order valence-electron chi connectivity index (χ0n) is 9.45. The fraction of sp³-hybridized carbons (Fsp3) is 0.750. The summed E-state index contributed by atoms with van der Waals surface area (Å²) in [7, 11) is 0. The molecule has 0 bridgehead atoms. The maximum absolute atomic E-state index is 10.2. The first kappa shape index (κ1) is 14.2. The fourth-order valence-corrected chi connectivity index (χ4v) is 1.38. The molecule has 3 heteroatoms. The number of rotatable bonds is 10. The lowest BCUT2D eigenvalue weighted by Gasteiger charge is -1.97. The Kier molecular flexibility index (Phi) is 10.6. The summed E-state index contributed by atoms with van der Waals surface area (Å²) >= 11 is 0. The summed E-state index contributed by atoms with van der Waals surface area (Å²) in [5.41, 5.74) is 5.39. The van der Waals surface area contributed by atoms with Gasteiger partial charge in [0.2, 0.25) is 0 Å². The highest BCUT2D eigenvalue weighted by molar-refractivity contribution is 5.66. The third-order valence-electron chi connectivity index (χ3n) is 2.27. The highest BCUT2D eigenvalue weighted by Gasteiger charge is 1.91. The molecule has 0 aromatic carbocycles. The van der Waals surface area contributed by atoms with Crippen LogP contribution in [-0.2, 0) is 4.79 Å². The van der Waals surface area contributed by atoms with Crippen molar-refractivity contribution in [1.29, 1.82) is 0 Å². The van der Waals surface area contributed by atoms with Gasteiger partial charge in [0.15, 0.2) is 0 Å². The molecule has 0 heterocycles. The van der Waals surface area contributed by atoms with Crippen LogP contribution in [0.5, 0.6) is 0 Å². The van der Waals surface area contributed by atoms with E-state index in [0.29, 0.717) is 6.42 Å².